The Kier molecular flexibility index (Phi) is 5.00. The summed E-state index contributed by atoms with van der Waals surface area (Å²) in [4.78, 5) is 12.4. The van der Waals surface area contributed by atoms with Gasteiger partial charge in [0, 0.05) is 6.26 Å². The molecule has 0 aliphatic carbocycles. The first-order valence-corrected chi connectivity index (χ1v) is 9.11. The Balaban J connectivity index is 1.99. The summed E-state index contributed by atoms with van der Waals surface area (Å²) in [6.45, 7) is 2.78. The number of piperidine rings is 1. The maximum Gasteiger partial charge on any atom is 0.237 e. The van der Waals surface area contributed by atoms with Crippen molar-refractivity contribution >= 4 is 15.7 Å². The van der Waals surface area contributed by atoms with Crippen molar-refractivity contribution in [3.63, 3.8) is 0 Å². The van der Waals surface area contributed by atoms with Gasteiger partial charge in [-0.1, -0.05) is 18.6 Å². The second-order valence-corrected chi connectivity index (χ2v) is 7.59. The van der Waals surface area contributed by atoms with Crippen molar-refractivity contribution in [2.75, 3.05) is 12.8 Å². The summed E-state index contributed by atoms with van der Waals surface area (Å²) in [6, 6.07) is 6.38. The molecule has 21 heavy (non-hydrogen) atoms. The van der Waals surface area contributed by atoms with Crippen molar-refractivity contribution < 1.29 is 13.2 Å². The van der Waals surface area contributed by atoms with Crippen LogP contribution in [-0.4, -0.2) is 33.2 Å². The molecule has 2 atom stereocenters. The first-order valence-electron chi connectivity index (χ1n) is 7.22. The van der Waals surface area contributed by atoms with Gasteiger partial charge in [0.05, 0.1) is 17.0 Å². The molecule has 0 aromatic heterocycles. The minimum Gasteiger partial charge on any atom is -0.348 e. The van der Waals surface area contributed by atoms with Crippen LogP contribution in [-0.2, 0) is 14.6 Å². The number of nitrogens with one attached hydrogen (secondary N) is 2. The van der Waals surface area contributed by atoms with Gasteiger partial charge in [-0.2, -0.15) is 0 Å². The lowest BCUT2D eigenvalue weighted by atomic mass is 10.0. The average molecular weight is 310 g/mol. The summed E-state index contributed by atoms with van der Waals surface area (Å²) < 4.78 is 22.8. The first kappa shape index (κ1) is 16.0. The molecule has 0 bridgehead atoms. The highest BCUT2D eigenvalue weighted by Gasteiger charge is 2.22. The molecule has 1 heterocycles. The Morgan fingerprint density at radius 2 is 1.95 bits per heavy atom. The molecule has 1 fully saturated rings. The molecule has 1 aromatic rings. The molecule has 0 spiro atoms. The van der Waals surface area contributed by atoms with Gasteiger partial charge in [0.1, 0.15) is 0 Å². The Bertz CT molecular complexity index is 590. The SMILES string of the molecule is CC(NC(=O)[C@H]1CCCCN1)c1ccc(S(C)(=O)=O)cc1. The van der Waals surface area contributed by atoms with E-state index in [0.717, 1.165) is 31.4 Å². The fourth-order valence-corrected chi connectivity index (χ4v) is 3.11. The monoisotopic (exact) mass is 310 g/mol. The third-order valence-electron chi connectivity index (χ3n) is 3.79. The maximum atomic E-state index is 12.1. The number of hydrogen-bond acceptors (Lipinski definition) is 4. The summed E-state index contributed by atoms with van der Waals surface area (Å²) in [5.41, 5.74) is 0.895. The molecule has 0 saturated carbocycles. The molecule has 116 valence electrons. The van der Waals surface area contributed by atoms with E-state index in [1.54, 1.807) is 24.3 Å². The highest BCUT2D eigenvalue weighted by Crippen LogP contribution is 2.17. The van der Waals surface area contributed by atoms with Crippen LogP contribution in [0.5, 0.6) is 0 Å². The minimum absolute atomic E-state index is 0.00869. The van der Waals surface area contributed by atoms with Crippen LogP contribution in [0.3, 0.4) is 0 Å². The van der Waals surface area contributed by atoms with Crippen molar-refractivity contribution in [1.29, 1.82) is 0 Å². The van der Waals surface area contributed by atoms with Gasteiger partial charge in [-0.05, 0) is 44.0 Å². The lowest BCUT2D eigenvalue weighted by molar-refractivity contribution is -0.124. The standard InChI is InChI=1S/C15H22N2O3S/c1-11(17-15(18)14-5-3-4-10-16-14)12-6-8-13(9-7-12)21(2,19)20/h6-9,11,14,16H,3-5,10H2,1-2H3,(H,17,18)/t11?,14-/m1/s1. The number of carbonyl (C=O) groups excluding carboxylic acids is 1. The Morgan fingerprint density at radius 3 is 2.48 bits per heavy atom. The topological polar surface area (TPSA) is 75.3 Å². The van der Waals surface area contributed by atoms with Crippen LogP contribution in [0.2, 0.25) is 0 Å². The normalized spacial score (nSPS) is 20.8. The molecule has 2 rings (SSSR count). The zero-order valence-corrected chi connectivity index (χ0v) is 13.2. The molecule has 6 heteroatoms. The zero-order valence-electron chi connectivity index (χ0n) is 12.4. The molecular formula is C15H22N2O3S. The highest BCUT2D eigenvalue weighted by atomic mass is 32.2. The van der Waals surface area contributed by atoms with E-state index in [1.807, 2.05) is 6.92 Å². The van der Waals surface area contributed by atoms with E-state index in [1.165, 1.54) is 6.26 Å². The maximum absolute atomic E-state index is 12.1. The molecule has 1 aromatic carbocycles. The van der Waals surface area contributed by atoms with Gasteiger partial charge >= 0.3 is 0 Å². The van der Waals surface area contributed by atoms with Crippen LogP contribution in [0.15, 0.2) is 29.2 Å². The Labute approximate surface area is 126 Å². The number of hydrogen-bond donors (Lipinski definition) is 2. The van der Waals surface area contributed by atoms with Crippen molar-refractivity contribution in [2.24, 2.45) is 0 Å². The number of benzene rings is 1. The van der Waals surface area contributed by atoms with Gasteiger partial charge in [-0.25, -0.2) is 8.42 Å². The van der Waals surface area contributed by atoms with Gasteiger partial charge in [0.15, 0.2) is 9.84 Å². The smallest absolute Gasteiger partial charge is 0.237 e. The predicted molar refractivity (Wildman–Crippen MR) is 81.8 cm³/mol. The molecule has 1 saturated heterocycles. The van der Waals surface area contributed by atoms with Crippen molar-refractivity contribution in [1.82, 2.24) is 10.6 Å². The Morgan fingerprint density at radius 1 is 1.29 bits per heavy atom. The minimum atomic E-state index is -3.18. The lowest BCUT2D eigenvalue weighted by Crippen LogP contribution is -2.47. The molecule has 1 aliphatic rings. The largest absolute Gasteiger partial charge is 0.348 e. The zero-order chi connectivity index (χ0) is 15.5. The summed E-state index contributed by atoms with van der Waals surface area (Å²) in [7, 11) is -3.18. The van der Waals surface area contributed by atoms with Crippen LogP contribution in [0.1, 0.15) is 37.8 Å². The van der Waals surface area contributed by atoms with Gasteiger partial charge in [-0.15, -0.1) is 0 Å². The summed E-state index contributed by atoms with van der Waals surface area (Å²) >= 11 is 0. The fraction of sp³-hybridized carbons (Fsp3) is 0.533. The predicted octanol–water partition coefficient (Wildman–Crippen LogP) is 1.41. The van der Waals surface area contributed by atoms with E-state index >= 15 is 0 Å². The van der Waals surface area contributed by atoms with Crippen LogP contribution in [0.4, 0.5) is 0 Å². The third kappa shape index (κ3) is 4.28. The number of amides is 1. The van der Waals surface area contributed by atoms with E-state index in [9.17, 15) is 13.2 Å². The van der Waals surface area contributed by atoms with Crippen LogP contribution in [0, 0.1) is 0 Å². The van der Waals surface area contributed by atoms with E-state index in [0.29, 0.717) is 4.90 Å². The molecule has 2 N–H and O–H groups in total. The molecule has 5 nitrogen and oxygen atoms in total. The second kappa shape index (κ2) is 6.58. The molecule has 1 amide bonds. The summed E-state index contributed by atoms with van der Waals surface area (Å²) in [6.07, 6.45) is 4.24. The fourth-order valence-electron chi connectivity index (χ4n) is 2.48. The van der Waals surface area contributed by atoms with Crippen molar-refractivity contribution in [3.05, 3.63) is 29.8 Å². The van der Waals surface area contributed by atoms with E-state index in [2.05, 4.69) is 10.6 Å². The molecular weight excluding hydrogens is 288 g/mol. The highest BCUT2D eigenvalue weighted by molar-refractivity contribution is 7.90. The van der Waals surface area contributed by atoms with E-state index in [4.69, 9.17) is 0 Å². The average Bonchev–Trinajstić information content (AvgIpc) is 2.47. The third-order valence-corrected chi connectivity index (χ3v) is 4.92. The lowest BCUT2D eigenvalue weighted by Gasteiger charge is -2.24. The van der Waals surface area contributed by atoms with Crippen LogP contribution < -0.4 is 10.6 Å². The Hall–Kier alpha value is -1.40. The van der Waals surface area contributed by atoms with Crippen molar-refractivity contribution in [3.8, 4) is 0 Å². The number of rotatable bonds is 4. The van der Waals surface area contributed by atoms with Crippen molar-refractivity contribution in [2.45, 2.75) is 43.2 Å². The molecule has 1 aliphatic heterocycles. The summed E-state index contributed by atoms with van der Waals surface area (Å²) in [5, 5.41) is 6.19. The summed E-state index contributed by atoms with van der Waals surface area (Å²) in [5.74, 6) is 0.00869. The first-order chi connectivity index (χ1) is 9.88. The van der Waals surface area contributed by atoms with E-state index in [-0.39, 0.29) is 18.0 Å². The number of carbonyl (C=O) groups is 1. The van der Waals surface area contributed by atoms with Crippen LogP contribution >= 0.6 is 0 Å². The molecule has 0 radical (unpaired) electrons. The number of sulfone groups is 1. The van der Waals surface area contributed by atoms with Gasteiger partial charge in [0.2, 0.25) is 5.91 Å². The van der Waals surface area contributed by atoms with Gasteiger partial charge in [-0.3, -0.25) is 4.79 Å². The molecule has 1 unspecified atom stereocenters. The van der Waals surface area contributed by atoms with Crippen LogP contribution in [0.25, 0.3) is 0 Å². The van der Waals surface area contributed by atoms with Gasteiger partial charge < -0.3 is 10.6 Å². The second-order valence-electron chi connectivity index (χ2n) is 5.57. The quantitative estimate of drug-likeness (QED) is 0.882. The van der Waals surface area contributed by atoms with E-state index < -0.39 is 9.84 Å². The van der Waals surface area contributed by atoms with Gasteiger partial charge in [0.25, 0.3) is 0 Å².